The topological polar surface area (TPSA) is 18.5 Å². The van der Waals surface area contributed by atoms with E-state index in [1.807, 2.05) is 6.92 Å². The van der Waals surface area contributed by atoms with Crippen molar-refractivity contribution in [3.63, 3.8) is 0 Å². The van der Waals surface area contributed by atoms with Crippen molar-refractivity contribution in [2.75, 3.05) is 6.61 Å². The lowest BCUT2D eigenvalue weighted by atomic mass is 9.69. The maximum absolute atomic E-state index is 6.20. The quantitative estimate of drug-likeness (QED) is 0.425. The molecular formula is C24H42O2. The van der Waals surface area contributed by atoms with Crippen molar-refractivity contribution in [3.05, 3.63) is 29.8 Å². The third kappa shape index (κ3) is 7.31. The fraction of sp³-hybridized carbons (Fsp3) is 0.750. The molecule has 0 spiro atoms. The summed E-state index contributed by atoms with van der Waals surface area (Å²) in [6.07, 6.45) is 3.15. The standard InChI is InChI=1S/C24H42O2/c1-10-18(11-2)22(25-12-3)26-20-15-13-19(14-16-20)21(24(7,8)9)17-23(4,5)6/h13-16,18,21-22H,10-12,17H2,1-9H3. The number of hydrogen-bond acceptors (Lipinski definition) is 2. The SMILES string of the molecule is CCOC(Oc1ccc(C(CC(C)(C)C)C(C)(C)C)cc1)C(CC)CC. The van der Waals surface area contributed by atoms with Gasteiger partial charge in [-0.2, -0.15) is 0 Å². The second-order valence-corrected chi connectivity index (χ2v) is 9.77. The van der Waals surface area contributed by atoms with Gasteiger partial charge >= 0.3 is 0 Å². The van der Waals surface area contributed by atoms with Crippen LogP contribution in [0.2, 0.25) is 0 Å². The van der Waals surface area contributed by atoms with Gasteiger partial charge in [-0.15, -0.1) is 0 Å². The molecule has 0 aliphatic rings. The van der Waals surface area contributed by atoms with Crippen molar-refractivity contribution >= 4 is 0 Å². The van der Waals surface area contributed by atoms with E-state index in [4.69, 9.17) is 9.47 Å². The lowest BCUT2D eigenvalue weighted by molar-refractivity contribution is -0.113. The molecule has 1 rings (SSSR count). The third-order valence-corrected chi connectivity index (χ3v) is 5.16. The van der Waals surface area contributed by atoms with Gasteiger partial charge in [0.1, 0.15) is 5.75 Å². The van der Waals surface area contributed by atoms with Crippen LogP contribution in [0.3, 0.4) is 0 Å². The van der Waals surface area contributed by atoms with E-state index in [9.17, 15) is 0 Å². The van der Waals surface area contributed by atoms with Crippen LogP contribution in [0.4, 0.5) is 0 Å². The van der Waals surface area contributed by atoms with Gasteiger partial charge in [-0.3, -0.25) is 0 Å². The van der Waals surface area contributed by atoms with Gasteiger partial charge < -0.3 is 9.47 Å². The number of ether oxygens (including phenoxy) is 2. The zero-order chi connectivity index (χ0) is 20.0. The number of rotatable bonds is 9. The fourth-order valence-corrected chi connectivity index (χ4v) is 3.55. The van der Waals surface area contributed by atoms with E-state index in [-0.39, 0.29) is 11.7 Å². The zero-order valence-corrected chi connectivity index (χ0v) is 18.7. The minimum Gasteiger partial charge on any atom is -0.465 e. The van der Waals surface area contributed by atoms with Gasteiger partial charge in [0.2, 0.25) is 6.29 Å². The van der Waals surface area contributed by atoms with Gasteiger partial charge in [0, 0.05) is 12.5 Å². The summed E-state index contributed by atoms with van der Waals surface area (Å²) in [5, 5.41) is 0. The smallest absolute Gasteiger partial charge is 0.202 e. The molecule has 1 aromatic rings. The Morgan fingerprint density at radius 1 is 0.846 bits per heavy atom. The van der Waals surface area contributed by atoms with Crippen molar-refractivity contribution in [2.45, 2.75) is 93.8 Å². The minimum atomic E-state index is -0.158. The van der Waals surface area contributed by atoms with Gasteiger partial charge in [-0.1, -0.05) is 67.5 Å². The molecule has 2 heteroatoms. The van der Waals surface area contributed by atoms with Crippen LogP contribution in [0.1, 0.15) is 93.1 Å². The van der Waals surface area contributed by atoms with Crippen LogP contribution in [-0.4, -0.2) is 12.9 Å². The molecule has 2 unspecified atom stereocenters. The first-order valence-electron chi connectivity index (χ1n) is 10.4. The molecule has 0 radical (unpaired) electrons. The average Bonchev–Trinajstić information content (AvgIpc) is 2.53. The minimum absolute atomic E-state index is 0.158. The van der Waals surface area contributed by atoms with Crippen LogP contribution in [0, 0.1) is 16.7 Å². The summed E-state index contributed by atoms with van der Waals surface area (Å²) in [5.41, 5.74) is 1.94. The first-order valence-corrected chi connectivity index (χ1v) is 10.4. The highest BCUT2D eigenvalue weighted by Gasteiger charge is 2.30. The van der Waals surface area contributed by atoms with Crippen LogP contribution < -0.4 is 4.74 Å². The summed E-state index contributed by atoms with van der Waals surface area (Å²) >= 11 is 0. The normalized spacial score (nSPS) is 15.2. The summed E-state index contributed by atoms with van der Waals surface area (Å²) in [5.74, 6) is 1.86. The molecular weight excluding hydrogens is 320 g/mol. The molecule has 0 fully saturated rings. The Labute approximate surface area is 162 Å². The van der Waals surface area contributed by atoms with E-state index in [1.54, 1.807) is 0 Å². The second-order valence-electron chi connectivity index (χ2n) is 9.77. The molecule has 150 valence electrons. The molecule has 0 N–H and O–H groups in total. The molecule has 0 bridgehead atoms. The molecule has 26 heavy (non-hydrogen) atoms. The Balaban J connectivity index is 2.97. The monoisotopic (exact) mass is 362 g/mol. The van der Waals surface area contributed by atoms with E-state index in [0.29, 0.717) is 23.9 Å². The van der Waals surface area contributed by atoms with E-state index < -0.39 is 0 Å². The Morgan fingerprint density at radius 3 is 1.77 bits per heavy atom. The van der Waals surface area contributed by atoms with E-state index in [2.05, 4.69) is 79.7 Å². The highest BCUT2D eigenvalue weighted by Crippen LogP contribution is 2.43. The summed E-state index contributed by atoms with van der Waals surface area (Å²) < 4.78 is 12.1. The van der Waals surface area contributed by atoms with Crippen LogP contribution >= 0.6 is 0 Å². The molecule has 0 saturated heterocycles. The predicted octanol–water partition coefficient (Wildman–Crippen LogP) is 7.43. The number of hydrogen-bond donors (Lipinski definition) is 0. The molecule has 0 heterocycles. The third-order valence-electron chi connectivity index (χ3n) is 5.16. The van der Waals surface area contributed by atoms with Gasteiger partial charge in [0.05, 0.1) is 0 Å². The predicted molar refractivity (Wildman–Crippen MR) is 113 cm³/mol. The van der Waals surface area contributed by atoms with Crippen LogP contribution in [0.25, 0.3) is 0 Å². The first kappa shape index (κ1) is 23.0. The first-order chi connectivity index (χ1) is 12.0. The largest absolute Gasteiger partial charge is 0.465 e. The maximum Gasteiger partial charge on any atom is 0.202 e. The summed E-state index contributed by atoms with van der Waals surface area (Å²) in [6, 6.07) is 8.72. The molecule has 0 aliphatic heterocycles. The lowest BCUT2D eigenvalue weighted by Crippen LogP contribution is -2.29. The summed E-state index contributed by atoms with van der Waals surface area (Å²) in [7, 11) is 0. The Bertz CT molecular complexity index is 500. The van der Waals surface area contributed by atoms with E-state index in [0.717, 1.165) is 18.6 Å². The molecule has 2 atom stereocenters. The maximum atomic E-state index is 6.20. The fourth-order valence-electron chi connectivity index (χ4n) is 3.55. The van der Waals surface area contributed by atoms with E-state index >= 15 is 0 Å². The van der Waals surface area contributed by atoms with Crippen molar-refractivity contribution in [3.8, 4) is 5.75 Å². The van der Waals surface area contributed by atoms with Gasteiger partial charge in [-0.05, 0) is 60.6 Å². The lowest BCUT2D eigenvalue weighted by Gasteiger charge is -2.36. The zero-order valence-electron chi connectivity index (χ0n) is 18.7. The molecule has 0 amide bonds. The van der Waals surface area contributed by atoms with Crippen molar-refractivity contribution < 1.29 is 9.47 Å². The Hall–Kier alpha value is -1.02. The van der Waals surface area contributed by atoms with Gasteiger partial charge in [-0.25, -0.2) is 0 Å². The number of benzene rings is 1. The van der Waals surface area contributed by atoms with E-state index in [1.165, 1.54) is 12.0 Å². The molecule has 0 aliphatic carbocycles. The van der Waals surface area contributed by atoms with Crippen molar-refractivity contribution in [1.82, 2.24) is 0 Å². The summed E-state index contributed by atoms with van der Waals surface area (Å²) in [4.78, 5) is 0. The van der Waals surface area contributed by atoms with Crippen LogP contribution in [0.15, 0.2) is 24.3 Å². The molecule has 0 aromatic heterocycles. The molecule has 1 aromatic carbocycles. The van der Waals surface area contributed by atoms with Gasteiger partial charge in [0.15, 0.2) is 0 Å². The molecule has 2 nitrogen and oxygen atoms in total. The highest BCUT2D eigenvalue weighted by molar-refractivity contribution is 5.30. The van der Waals surface area contributed by atoms with Crippen molar-refractivity contribution in [2.24, 2.45) is 16.7 Å². The highest BCUT2D eigenvalue weighted by atomic mass is 16.7. The molecule has 0 saturated carbocycles. The van der Waals surface area contributed by atoms with Crippen LogP contribution in [-0.2, 0) is 4.74 Å². The average molecular weight is 363 g/mol. The van der Waals surface area contributed by atoms with Crippen LogP contribution in [0.5, 0.6) is 5.75 Å². The second kappa shape index (κ2) is 9.78. The van der Waals surface area contributed by atoms with Crippen molar-refractivity contribution in [1.29, 1.82) is 0 Å². The Morgan fingerprint density at radius 2 is 1.38 bits per heavy atom. The summed E-state index contributed by atoms with van der Waals surface area (Å²) in [6.45, 7) is 21.1. The Kier molecular flexibility index (Phi) is 8.66. The van der Waals surface area contributed by atoms with Gasteiger partial charge in [0.25, 0.3) is 0 Å².